The van der Waals surface area contributed by atoms with Crippen molar-refractivity contribution in [2.45, 2.75) is 17.7 Å². The first-order chi connectivity index (χ1) is 4.72. The summed E-state index contributed by atoms with van der Waals surface area (Å²) in [6.07, 6.45) is 3.96. The Labute approximate surface area is 77.5 Å². The average Bonchev–Trinajstić information content (AvgIpc) is 2.44. The number of nitrogens with zero attached hydrogens (tertiary/aromatic N) is 1. The molecule has 0 radical (unpaired) electrons. The van der Waals surface area contributed by atoms with Crippen molar-refractivity contribution in [3.05, 3.63) is 15.5 Å². The average molecular weight is 268 g/mol. The summed E-state index contributed by atoms with van der Waals surface area (Å²) in [5, 5.41) is 6.83. The van der Waals surface area contributed by atoms with Gasteiger partial charge < -0.3 is 0 Å². The molecule has 0 unspecified atom stereocenters. The fourth-order valence-electron chi connectivity index (χ4n) is 0.945. The van der Waals surface area contributed by atoms with Crippen LogP contribution in [0.25, 0.3) is 0 Å². The predicted molar refractivity (Wildman–Crippen MR) is 48.1 cm³/mol. The van der Waals surface area contributed by atoms with Gasteiger partial charge >= 0.3 is 0 Å². The molecule has 0 spiro atoms. The minimum atomic E-state index is -0.0903. The molecule has 0 aromatic carbocycles. The molecule has 0 atom stereocenters. The third kappa shape index (κ3) is 0.955. The number of halogens is 2. The van der Waals surface area contributed by atoms with Crippen LogP contribution in [0.2, 0.25) is 0 Å². The molecule has 1 aromatic heterocycles. The molecular formula is C6H6ClIN2. The van der Waals surface area contributed by atoms with E-state index in [4.69, 9.17) is 11.6 Å². The Morgan fingerprint density at radius 1 is 1.70 bits per heavy atom. The van der Waals surface area contributed by atoms with Crippen LogP contribution < -0.4 is 0 Å². The van der Waals surface area contributed by atoms with Gasteiger partial charge in [0.1, 0.15) is 0 Å². The van der Waals surface area contributed by atoms with E-state index in [1.807, 2.05) is 0 Å². The zero-order valence-electron chi connectivity index (χ0n) is 5.19. The minimum Gasteiger partial charge on any atom is -0.280 e. The van der Waals surface area contributed by atoms with Gasteiger partial charge in [0, 0.05) is 0 Å². The molecule has 1 saturated carbocycles. The summed E-state index contributed by atoms with van der Waals surface area (Å²) in [4.78, 5) is -0.0903. The van der Waals surface area contributed by atoms with Gasteiger partial charge in [0.2, 0.25) is 0 Å². The van der Waals surface area contributed by atoms with Crippen LogP contribution >= 0.6 is 34.2 Å². The maximum absolute atomic E-state index is 6.14. The summed E-state index contributed by atoms with van der Waals surface area (Å²) in [7, 11) is 0. The lowest BCUT2D eigenvalue weighted by Gasteiger charge is -2.00. The Balaban J connectivity index is 2.42. The number of aromatic nitrogens is 2. The van der Waals surface area contributed by atoms with E-state index in [9.17, 15) is 0 Å². The van der Waals surface area contributed by atoms with E-state index in [1.165, 1.54) is 0 Å². The molecule has 1 aliphatic rings. The number of hydrogen-bond donors (Lipinski definition) is 1. The molecule has 2 nitrogen and oxygen atoms in total. The molecule has 2 rings (SSSR count). The van der Waals surface area contributed by atoms with Crippen molar-refractivity contribution in [2.24, 2.45) is 0 Å². The summed E-state index contributed by atoms with van der Waals surface area (Å²) >= 11 is 8.38. The SMILES string of the molecule is ClC1(c2[nH]ncc2I)CC1. The van der Waals surface area contributed by atoms with E-state index >= 15 is 0 Å². The second-order valence-electron chi connectivity index (χ2n) is 2.56. The predicted octanol–water partition coefficient (Wildman–Crippen LogP) is 2.24. The highest BCUT2D eigenvalue weighted by Gasteiger charge is 2.45. The van der Waals surface area contributed by atoms with E-state index in [1.54, 1.807) is 6.20 Å². The lowest BCUT2D eigenvalue weighted by Crippen LogP contribution is -1.98. The second kappa shape index (κ2) is 2.11. The smallest absolute Gasteiger partial charge is 0.0872 e. The van der Waals surface area contributed by atoms with Crippen LogP contribution in [-0.4, -0.2) is 10.2 Å². The first-order valence-corrected chi connectivity index (χ1v) is 4.56. The summed E-state index contributed by atoms with van der Waals surface area (Å²) in [5.41, 5.74) is 1.09. The van der Waals surface area contributed by atoms with Crippen molar-refractivity contribution in [1.82, 2.24) is 10.2 Å². The molecule has 0 bridgehead atoms. The number of hydrogen-bond acceptors (Lipinski definition) is 1. The molecule has 0 amide bonds. The van der Waals surface area contributed by atoms with Crippen molar-refractivity contribution in [1.29, 1.82) is 0 Å². The highest BCUT2D eigenvalue weighted by molar-refractivity contribution is 14.1. The molecule has 1 heterocycles. The van der Waals surface area contributed by atoms with Gasteiger partial charge in [0.15, 0.2) is 0 Å². The molecule has 10 heavy (non-hydrogen) atoms. The van der Waals surface area contributed by atoms with Gasteiger partial charge in [0.25, 0.3) is 0 Å². The monoisotopic (exact) mass is 268 g/mol. The molecule has 54 valence electrons. The summed E-state index contributed by atoms with van der Waals surface area (Å²) < 4.78 is 1.14. The zero-order valence-corrected chi connectivity index (χ0v) is 8.11. The maximum Gasteiger partial charge on any atom is 0.0872 e. The van der Waals surface area contributed by atoms with Crippen molar-refractivity contribution >= 4 is 34.2 Å². The summed E-state index contributed by atoms with van der Waals surface area (Å²) in [6, 6.07) is 0. The number of rotatable bonds is 1. The highest BCUT2D eigenvalue weighted by Crippen LogP contribution is 2.52. The molecule has 0 saturated heterocycles. The Morgan fingerprint density at radius 3 is 2.80 bits per heavy atom. The Kier molecular flexibility index (Phi) is 1.46. The number of H-pyrrole nitrogens is 1. The fourth-order valence-corrected chi connectivity index (χ4v) is 2.12. The summed E-state index contributed by atoms with van der Waals surface area (Å²) in [5.74, 6) is 0. The van der Waals surface area contributed by atoms with Crippen LogP contribution in [0, 0.1) is 3.57 Å². The highest BCUT2D eigenvalue weighted by atomic mass is 127. The first kappa shape index (κ1) is 6.91. The normalized spacial score (nSPS) is 21.0. The molecule has 4 heteroatoms. The van der Waals surface area contributed by atoms with Gasteiger partial charge in [-0.1, -0.05) is 0 Å². The van der Waals surface area contributed by atoms with E-state index in [0.29, 0.717) is 0 Å². The third-order valence-electron chi connectivity index (χ3n) is 1.73. The van der Waals surface area contributed by atoms with Gasteiger partial charge in [-0.2, -0.15) is 5.10 Å². The zero-order chi connectivity index (χ0) is 7.19. The van der Waals surface area contributed by atoms with Crippen LogP contribution in [0.3, 0.4) is 0 Å². The number of aromatic amines is 1. The molecule has 1 aliphatic carbocycles. The molecule has 0 aliphatic heterocycles. The Morgan fingerprint density at radius 2 is 2.40 bits per heavy atom. The van der Waals surface area contributed by atoms with Crippen LogP contribution in [0.5, 0.6) is 0 Å². The van der Waals surface area contributed by atoms with Crippen molar-refractivity contribution in [2.75, 3.05) is 0 Å². The summed E-state index contributed by atoms with van der Waals surface area (Å²) in [6.45, 7) is 0. The van der Waals surface area contributed by atoms with Gasteiger partial charge in [-0.05, 0) is 35.4 Å². The quantitative estimate of drug-likeness (QED) is 0.614. The minimum absolute atomic E-state index is 0.0903. The standard InChI is InChI=1S/C6H6ClIN2/c7-6(1-2-6)5-4(8)3-9-10-5/h3H,1-2H2,(H,9,10). The lowest BCUT2D eigenvalue weighted by molar-refractivity contribution is 0.901. The van der Waals surface area contributed by atoms with E-state index in [2.05, 4.69) is 32.8 Å². The van der Waals surface area contributed by atoms with E-state index in [0.717, 1.165) is 22.1 Å². The van der Waals surface area contributed by atoms with Crippen LogP contribution in [0.15, 0.2) is 6.20 Å². The van der Waals surface area contributed by atoms with Gasteiger partial charge in [-0.25, -0.2) is 0 Å². The van der Waals surface area contributed by atoms with Crippen LogP contribution in [0.1, 0.15) is 18.5 Å². The van der Waals surface area contributed by atoms with Crippen LogP contribution in [0.4, 0.5) is 0 Å². The lowest BCUT2D eigenvalue weighted by atomic mass is 10.3. The van der Waals surface area contributed by atoms with Crippen molar-refractivity contribution < 1.29 is 0 Å². The molecular weight excluding hydrogens is 262 g/mol. The van der Waals surface area contributed by atoms with Crippen LogP contribution in [-0.2, 0) is 4.87 Å². The number of alkyl halides is 1. The Hall–Kier alpha value is 0.230. The molecule has 1 fully saturated rings. The maximum atomic E-state index is 6.14. The van der Waals surface area contributed by atoms with Crippen molar-refractivity contribution in [3.8, 4) is 0 Å². The van der Waals surface area contributed by atoms with E-state index in [-0.39, 0.29) is 4.87 Å². The fraction of sp³-hybridized carbons (Fsp3) is 0.500. The topological polar surface area (TPSA) is 28.7 Å². The number of nitrogens with one attached hydrogen (secondary N) is 1. The van der Waals surface area contributed by atoms with E-state index < -0.39 is 0 Å². The first-order valence-electron chi connectivity index (χ1n) is 3.11. The Bertz CT molecular complexity index is 254. The van der Waals surface area contributed by atoms with Gasteiger partial charge in [-0.15, -0.1) is 11.6 Å². The second-order valence-corrected chi connectivity index (χ2v) is 4.44. The van der Waals surface area contributed by atoms with Gasteiger partial charge in [-0.3, -0.25) is 5.10 Å². The molecule has 1 aromatic rings. The third-order valence-corrected chi connectivity index (χ3v) is 3.11. The molecule has 1 N–H and O–H groups in total. The van der Waals surface area contributed by atoms with Crippen molar-refractivity contribution in [3.63, 3.8) is 0 Å². The van der Waals surface area contributed by atoms with Gasteiger partial charge in [0.05, 0.1) is 20.3 Å². The largest absolute Gasteiger partial charge is 0.280 e.